The van der Waals surface area contributed by atoms with Crippen molar-refractivity contribution in [2.45, 2.75) is 19.9 Å². The Morgan fingerprint density at radius 3 is 2.59 bits per heavy atom. The number of amides is 1. The third-order valence-corrected chi connectivity index (χ3v) is 4.73. The molecule has 1 aromatic carbocycles. The average molecular weight is 430 g/mol. The number of para-hydroxylation sites is 1. The molecule has 0 aliphatic rings. The molecule has 32 heavy (non-hydrogen) atoms. The molecule has 9 heteroatoms. The van der Waals surface area contributed by atoms with Crippen LogP contribution in [0, 0.1) is 0 Å². The summed E-state index contributed by atoms with van der Waals surface area (Å²) < 4.78 is 8.98. The van der Waals surface area contributed by atoms with Gasteiger partial charge in [0, 0.05) is 25.4 Å². The molecule has 162 valence electrons. The van der Waals surface area contributed by atoms with Gasteiger partial charge in [0.05, 0.1) is 0 Å². The number of hydrogen-bond acceptors (Lipinski definition) is 6. The molecule has 3 aromatic heterocycles. The van der Waals surface area contributed by atoms with Crippen molar-refractivity contribution in [3.63, 3.8) is 0 Å². The fraction of sp³-hybridized carbons (Fsp3) is 0.174. The summed E-state index contributed by atoms with van der Waals surface area (Å²) in [6.45, 7) is 4.03. The molecule has 0 fully saturated rings. The quantitative estimate of drug-likeness (QED) is 0.501. The van der Waals surface area contributed by atoms with Gasteiger partial charge >= 0.3 is 0 Å². The van der Waals surface area contributed by atoms with Gasteiger partial charge in [0.15, 0.2) is 5.82 Å². The first kappa shape index (κ1) is 21.0. The Hall–Kier alpha value is -4.27. The van der Waals surface area contributed by atoms with Crippen LogP contribution in [-0.4, -0.2) is 30.2 Å². The van der Waals surface area contributed by atoms with E-state index in [2.05, 4.69) is 20.5 Å². The van der Waals surface area contributed by atoms with Crippen molar-refractivity contribution in [2.24, 2.45) is 7.05 Å². The van der Waals surface area contributed by atoms with Gasteiger partial charge in [-0.05, 0) is 38.1 Å². The molecule has 0 radical (unpaired) electrons. The van der Waals surface area contributed by atoms with Crippen molar-refractivity contribution in [1.29, 1.82) is 0 Å². The van der Waals surface area contributed by atoms with Crippen molar-refractivity contribution >= 4 is 11.7 Å². The second-order valence-corrected chi connectivity index (χ2v) is 7.44. The lowest BCUT2D eigenvalue weighted by molar-refractivity contribution is 0.102. The lowest BCUT2D eigenvalue weighted by atomic mass is 10.2. The summed E-state index contributed by atoms with van der Waals surface area (Å²) in [6, 6.07) is 15.9. The molecule has 0 atom stereocenters. The number of aryl methyl sites for hydroxylation is 1. The Labute approximate surface area is 184 Å². The number of carbonyl (C=O) groups is 1. The Morgan fingerprint density at radius 1 is 1.06 bits per heavy atom. The van der Waals surface area contributed by atoms with Crippen LogP contribution in [0.4, 0.5) is 5.82 Å². The largest absolute Gasteiger partial charge is 0.456 e. The molecule has 1 amide bonds. The molecule has 0 aliphatic heterocycles. The van der Waals surface area contributed by atoms with Crippen molar-refractivity contribution in [1.82, 2.24) is 24.3 Å². The van der Waals surface area contributed by atoms with E-state index in [1.807, 2.05) is 36.6 Å². The molecule has 4 rings (SSSR count). The maximum Gasteiger partial charge on any atom is 0.263 e. The lowest BCUT2D eigenvalue weighted by Crippen LogP contribution is -2.27. The monoisotopic (exact) mass is 430 g/mol. The van der Waals surface area contributed by atoms with Crippen LogP contribution in [0.5, 0.6) is 11.5 Å². The first-order valence-electron chi connectivity index (χ1n) is 10.0. The Balaban J connectivity index is 1.60. The van der Waals surface area contributed by atoms with E-state index in [9.17, 15) is 9.59 Å². The zero-order valence-electron chi connectivity index (χ0n) is 17.9. The highest BCUT2D eigenvalue weighted by atomic mass is 16.5. The van der Waals surface area contributed by atoms with E-state index in [0.717, 1.165) is 0 Å². The molecular weight excluding hydrogens is 408 g/mol. The smallest absolute Gasteiger partial charge is 0.263 e. The van der Waals surface area contributed by atoms with Gasteiger partial charge in [-0.25, -0.2) is 4.98 Å². The van der Waals surface area contributed by atoms with Gasteiger partial charge in [-0.3, -0.25) is 9.59 Å². The van der Waals surface area contributed by atoms with Crippen molar-refractivity contribution < 1.29 is 9.53 Å². The number of carbonyl (C=O) groups excluding carboxylic acids is 1. The van der Waals surface area contributed by atoms with E-state index in [-0.39, 0.29) is 11.6 Å². The molecule has 0 saturated heterocycles. The van der Waals surface area contributed by atoms with Gasteiger partial charge in [-0.15, -0.1) is 10.2 Å². The summed E-state index contributed by atoms with van der Waals surface area (Å²) in [5, 5.41) is 10.8. The molecule has 1 N–H and O–H groups in total. The molecule has 0 unspecified atom stereocenters. The second kappa shape index (κ2) is 8.84. The van der Waals surface area contributed by atoms with Gasteiger partial charge in [-0.1, -0.05) is 24.3 Å². The molecule has 4 aromatic rings. The number of ether oxygens (including phenoxy) is 1. The highest BCUT2D eigenvalue weighted by molar-refractivity contribution is 6.03. The van der Waals surface area contributed by atoms with E-state index in [1.54, 1.807) is 43.7 Å². The summed E-state index contributed by atoms with van der Waals surface area (Å²) in [5.74, 6) is 1.27. The zero-order chi connectivity index (χ0) is 22.7. The summed E-state index contributed by atoms with van der Waals surface area (Å²) in [6.07, 6.45) is 3.17. The number of rotatable bonds is 6. The van der Waals surface area contributed by atoms with Crippen LogP contribution in [0.25, 0.3) is 11.5 Å². The zero-order valence-corrected chi connectivity index (χ0v) is 17.9. The standard InChI is InChI=1S/C23H22N6O3/c1-15(2)29-14-24-27-21(29)19-10-7-11-20(25-19)26-22(30)18-12-17(13-28(3)23(18)31)32-16-8-5-4-6-9-16/h4-15H,1-3H3,(H,25,26,30). The van der Waals surface area contributed by atoms with Crippen LogP contribution < -0.4 is 15.6 Å². The minimum Gasteiger partial charge on any atom is -0.456 e. The number of benzene rings is 1. The SMILES string of the molecule is CC(C)n1cnnc1-c1cccc(NC(=O)c2cc(Oc3ccccc3)cn(C)c2=O)n1. The van der Waals surface area contributed by atoms with Crippen LogP contribution in [0.1, 0.15) is 30.2 Å². The maximum absolute atomic E-state index is 12.9. The average Bonchev–Trinajstić information content (AvgIpc) is 3.27. The first-order valence-corrected chi connectivity index (χ1v) is 10.0. The maximum atomic E-state index is 12.9. The molecule has 9 nitrogen and oxygen atoms in total. The number of aromatic nitrogens is 5. The molecule has 0 aliphatic carbocycles. The van der Waals surface area contributed by atoms with Gasteiger partial charge in [-0.2, -0.15) is 0 Å². The summed E-state index contributed by atoms with van der Waals surface area (Å²) in [4.78, 5) is 30.0. The second-order valence-electron chi connectivity index (χ2n) is 7.44. The number of anilines is 1. The number of pyridine rings is 2. The van der Waals surface area contributed by atoms with E-state index in [1.165, 1.54) is 16.8 Å². The van der Waals surface area contributed by atoms with Gasteiger partial charge in [0.2, 0.25) is 0 Å². The number of nitrogens with one attached hydrogen (secondary N) is 1. The van der Waals surface area contributed by atoms with Gasteiger partial charge in [0.25, 0.3) is 11.5 Å². The van der Waals surface area contributed by atoms with Crippen molar-refractivity contribution in [3.8, 4) is 23.0 Å². The van der Waals surface area contributed by atoms with E-state index >= 15 is 0 Å². The van der Waals surface area contributed by atoms with Crippen molar-refractivity contribution in [3.05, 3.63) is 83.0 Å². The summed E-state index contributed by atoms with van der Waals surface area (Å²) in [5.41, 5.74) is 0.0557. The van der Waals surface area contributed by atoms with E-state index in [4.69, 9.17) is 4.74 Å². The third kappa shape index (κ3) is 4.41. The van der Waals surface area contributed by atoms with Crippen LogP contribution in [0.15, 0.2) is 71.9 Å². The highest BCUT2D eigenvalue weighted by Crippen LogP contribution is 2.22. The predicted molar refractivity (Wildman–Crippen MR) is 120 cm³/mol. The first-order chi connectivity index (χ1) is 15.4. The minimum atomic E-state index is -0.584. The van der Waals surface area contributed by atoms with E-state index < -0.39 is 11.5 Å². The fourth-order valence-corrected chi connectivity index (χ4v) is 3.14. The molecular formula is C23H22N6O3. The van der Waals surface area contributed by atoms with E-state index in [0.29, 0.717) is 28.8 Å². The minimum absolute atomic E-state index is 0.0570. The molecule has 0 spiro atoms. The van der Waals surface area contributed by atoms with Crippen LogP contribution in [0.3, 0.4) is 0 Å². The predicted octanol–water partition coefficient (Wildman–Crippen LogP) is 3.66. The lowest BCUT2D eigenvalue weighted by Gasteiger charge is -2.12. The molecule has 0 bridgehead atoms. The molecule has 3 heterocycles. The van der Waals surface area contributed by atoms with Crippen LogP contribution >= 0.6 is 0 Å². The topological polar surface area (TPSA) is 104 Å². The molecule has 0 saturated carbocycles. The third-order valence-electron chi connectivity index (χ3n) is 4.73. The van der Waals surface area contributed by atoms with Crippen LogP contribution in [0.2, 0.25) is 0 Å². The highest BCUT2D eigenvalue weighted by Gasteiger charge is 2.17. The summed E-state index contributed by atoms with van der Waals surface area (Å²) >= 11 is 0. The normalized spacial score (nSPS) is 10.9. The van der Waals surface area contributed by atoms with Gasteiger partial charge in [0.1, 0.15) is 34.9 Å². The Morgan fingerprint density at radius 2 is 1.84 bits per heavy atom. The number of hydrogen-bond donors (Lipinski definition) is 1. The Bertz CT molecular complexity index is 1310. The van der Waals surface area contributed by atoms with Crippen molar-refractivity contribution in [2.75, 3.05) is 5.32 Å². The van der Waals surface area contributed by atoms with Crippen LogP contribution in [-0.2, 0) is 7.05 Å². The van der Waals surface area contributed by atoms with Gasteiger partial charge < -0.3 is 19.2 Å². The fourth-order valence-electron chi connectivity index (χ4n) is 3.14. The Kier molecular flexibility index (Phi) is 5.80. The summed E-state index contributed by atoms with van der Waals surface area (Å²) in [7, 11) is 1.56. The number of nitrogens with zero attached hydrogens (tertiary/aromatic N) is 5.